The van der Waals surface area contributed by atoms with Crippen LogP contribution in [0.1, 0.15) is 22.3 Å². The van der Waals surface area contributed by atoms with Gasteiger partial charge in [-0.15, -0.1) is 0 Å². The maximum Gasteiger partial charge on any atom is 0.256 e. The van der Waals surface area contributed by atoms with E-state index < -0.39 is 0 Å². The molecule has 3 aromatic rings. The molecule has 4 rings (SSSR count). The first-order chi connectivity index (χ1) is 13.9. The van der Waals surface area contributed by atoms with Gasteiger partial charge in [-0.25, -0.2) is 0 Å². The fraction of sp³-hybridized carbons (Fsp3) is 0.333. The number of H-pyrrole nitrogens is 1. The molecule has 0 bridgehead atoms. The van der Waals surface area contributed by atoms with E-state index >= 15 is 0 Å². The zero-order valence-corrected chi connectivity index (χ0v) is 17.2. The zero-order chi connectivity index (χ0) is 20.5. The summed E-state index contributed by atoms with van der Waals surface area (Å²) < 4.78 is 0. The number of pyridine rings is 1. The molecule has 29 heavy (non-hydrogen) atoms. The Labute approximate surface area is 171 Å². The van der Waals surface area contributed by atoms with E-state index in [0.29, 0.717) is 16.9 Å². The number of carbonyl (C=O) groups is 1. The van der Waals surface area contributed by atoms with Gasteiger partial charge in [0.2, 0.25) is 0 Å². The Balaban J connectivity index is 1.55. The molecular formula is C24H27N3O2. The van der Waals surface area contributed by atoms with Gasteiger partial charge in [0.25, 0.3) is 11.5 Å². The zero-order valence-electron chi connectivity index (χ0n) is 17.2. The lowest BCUT2D eigenvalue weighted by molar-refractivity contribution is 0.0774. The van der Waals surface area contributed by atoms with Crippen LogP contribution in [0.15, 0.2) is 53.3 Å². The third-order valence-electron chi connectivity index (χ3n) is 5.92. The van der Waals surface area contributed by atoms with Crippen LogP contribution in [0.25, 0.3) is 22.0 Å². The fourth-order valence-corrected chi connectivity index (χ4v) is 4.25. The van der Waals surface area contributed by atoms with E-state index in [0.717, 1.165) is 48.3 Å². The number of likely N-dealkylation sites (tertiary alicyclic amines) is 1. The van der Waals surface area contributed by atoms with E-state index in [-0.39, 0.29) is 11.5 Å². The highest BCUT2D eigenvalue weighted by Crippen LogP contribution is 2.23. The van der Waals surface area contributed by atoms with Crippen LogP contribution in [0.4, 0.5) is 0 Å². The lowest BCUT2D eigenvalue weighted by Gasteiger charge is -2.21. The first-order valence-electron chi connectivity index (χ1n) is 10.1. The summed E-state index contributed by atoms with van der Waals surface area (Å²) in [6.07, 6.45) is 1.14. The van der Waals surface area contributed by atoms with Crippen LogP contribution in [0, 0.1) is 12.8 Å². The van der Waals surface area contributed by atoms with Crippen LogP contribution in [0.2, 0.25) is 0 Å². The number of aromatic amines is 1. The third kappa shape index (κ3) is 3.96. The normalized spacial score (nSPS) is 17.0. The van der Waals surface area contributed by atoms with Gasteiger partial charge in [-0.05, 0) is 73.6 Å². The van der Waals surface area contributed by atoms with Gasteiger partial charge in [-0.2, -0.15) is 0 Å². The van der Waals surface area contributed by atoms with E-state index in [2.05, 4.69) is 16.9 Å². The predicted octanol–water partition coefficient (Wildman–Crippen LogP) is 3.53. The van der Waals surface area contributed by atoms with Crippen molar-refractivity contribution >= 4 is 16.7 Å². The summed E-state index contributed by atoms with van der Waals surface area (Å²) in [7, 11) is 4.00. The smallest absolute Gasteiger partial charge is 0.256 e. The van der Waals surface area contributed by atoms with Gasteiger partial charge in [0.15, 0.2) is 0 Å². The molecule has 5 heteroatoms. The van der Waals surface area contributed by atoms with Crippen molar-refractivity contribution in [2.75, 3.05) is 33.7 Å². The summed E-state index contributed by atoms with van der Waals surface area (Å²) in [5.41, 5.74) is 3.30. The van der Waals surface area contributed by atoms with E-state index in [9.17, 15) is 9.59 Å². The van der Waals surface area contributed by atoms with Crippen LogP contribution in [-0.2, 0) is 0 Å². The molecule has 1 aliphatic rings. The second kappa shape index (κ2) is 7.84. The Morgan fingerprint density at radius 2 is 1.93 bits per heavy atom. The second-order valence-electron chi connectivity index (χ2n) is 8.23. The first kappa shape index (κ1) is 19.4. The molecule has 2 heterocycles. The topological polar surface area (TPSA) is 56.4 Å². The van der Waals surface area contributed by atoms with Crippen LogP contribution in [-0.4, -0.2) is 54.4 Å². The lowest BCUT2D eigenvalue weighted by Crippen LogP contribution is -2.32. The van der Waals surface area contributed by atoms with Gasteiger partial charge in [0.05, 0.1) is 0 Å². The SMILES string of the molecule is Cc1cccc2c(=O)[nH]c(-c3ccc(C(=O)N(C)CC4CCN(C)C4)cc3)cc12. The Bertz CT molecular complexity index is 1100. The minimum absolute atomic E-state index is 0.0361. The van der Waals surface area contributed by atoms with E-state index in [1.165, 1.54) is 0 Å². The van der Waals surface area contributed by atoms with Crippen molar-refractivity contribution in [3.63, 3.8) is 0 Å². The number of nitrogens with zero attached hydrogens (tertiary/aromatic N) is 2. The molecular weight excluding hydrogens is 362 g/mol. The number of hydrogen-bond acceptors (Lipinski definition) is 3. The molecule has 5 nitrogen and oxygen atoms in total. The van der Waals surface area contributed by atoms with Crippen LogP contribution >= 0.6 is 0 Å². The predicted molar refractivity (Wildman–Crippen MR) is 117 cm³/mol. The van der Waals surface area contributed by atoms with Gasteiger partial charge < -0.3 is 14.8 Å². The fourth-order valence-electron chi connectivity index (χ4n) is 4.25. The number of aromatic nitrogens is 1. The van der Waals surface area contributed by atoms with Crippen LogP contribution in [0.5, 0.6) is 0 Å². The highest BCUT2D eigenvalue weighted by Gasteiger charge is 2.23. The van der Waals surface area contributed by atoms with Crippen molar-refractivity contribution in [2.24, 2.45) is 5.92 Å². The molecule has 0 saturated carbocycles. The number of nitrogens with one attached hydrogen (secondary N) is 1. The Hall–Kier alpha value is -2.92. The molecule has 1 atom stereocenters. The quantitative estimate of drug-likeness (QED) is 0.743. The molecule has 1 fully saturated rings. The summed E-state index contributed by atoms with van der Waals surface area (Å²) in [5, 5.41) is 1.65. The number of fused-ring (bicyclic) bond motifs is 1. The minimum Gasteiger partial charge on any atom is -0.341 e. The molecule has 1 aromatic heterocycles. The van der Waals surface area contributed by atoms with Crippen molar-refractivity contribution in [1.29, 1.82) is 0 Å². The van der Waals surface area contributed by atoms with Gasteiger partial charge in [0.1, 0.15) is 0 Å². The van der Waals surface area contributed by atoms with Gasteiger partial charge >= 0.3 is 0 Å². The number of hydrogen-bond donors (Lipinski definition) is 1. The summed E-state index contributed by atoms with van der Waals surface area (Å²) in [6, 6.07) is 15.2. The summed E-state index contributed by atoms with van der Waals surface area (Å²) in [4.78, 5) is 32.3. The highest BCUT2D eigenvalue weighted by molar-refractivity contribution is 5.94. The Kier molecular flexibility index (Phi) is 5.24. The minimum atomic E-state index is -0.0948. The van der Waals surface area contributed by atoms with Crippen molar-refractivity contribution in [2.45, 2.75) is 13.3 Å². The molecule has 1 N–H and O–H groups in total. The Morgan fingerprint density at radius 1 is 1.17 bits per heavy atom. The van der Waals surface area contributed by atoms with E-state index in [1.54, 1.807) is 0 Å². The van der Waals surface area contributed by atoms with Crippen molar-refractivity contribution in [1.82, 2.24) is 14.8 Å². The molecule has 0 spiro atoms. The number of amides is 1. The van der Waals surface area contributed by atoms with Gasteiger partial charge in [0, 0.05) is 36.8 Å². The standard InChI is InChI=1S/C24H27N3O2/c1-16-5-4-6-20-21(16)13-22(25-23(20)28)18-7-9-19(10-8-18)24(29)27(3)15-17-11-12-26(2)14-17/h4-10,13,17H,11-12,14-15H2,1-3H3,(H,25,28). The molecule has 1 amide bonds. The van der Waals surface area contributed by atoms with Crippen molar-refractivity contribution in [3.8, 4) is 11.3 Å². The summed E-state index contributed by atoms with van der Waals surface area (Å²) >= 11 is 0. The molecule has 150 valence electrons. The van der Waals surface area contributed by atoms with Gasteiger partial charge in [-0.3, -0.25) is 9.59 Å². The number of rotatable bonds is 4. The molecule has 0 radical (unpaired) electrons. The molecule has 0 aliphatic carbocycles. The maximum absolute atomic E-state index is 12.8. The molecule has 1 saturated heterocycles. The third-order valence-corrected chi connectivity index (χ3v) is 5.92. The Morgan fingerprint density at radius 3 is 2.62 bits per heavy atom. The first-order valence-corrected chi connectivity index (χ1v) is 10.1. The monoisotopic (exact) mass is 389 g/mol. The lowest BCUT2D eigenvalue weighted by atomic mass is 10.0. The maximum atomic E-state index is 12.8. The van der Waals surface area contributed by atoms with Crippen LogP contribution in [0.3, 0.4) is 0 Å². The van der Waals surface area contributed by atoms with Gasteiger partial charge in [-0.1, -0.05) is 24.3 Å². The average molecular weight is 389 g/mol. The van der Waals surface area contributed by atoms with Crippen LogP contribution < -0.4 is 5.56 Å². The highest BCUT2D eigenvalue weighted by atomic mass is 16.2. The second-order valence-corrected chi connectivity index (χ2v) is 8.23. The van der Waals surface area contributed by atoms with E-state index in [1.807, 2.05) is 67.4 Å². The van der Waals surface area contributed by atoms with E-state index in [4.69, 9.17) is 0 Å². The molecule has 1 unspecified atom stereocenters. The van der Waals surface area contributed by atoms with Crippen molar-refractivity contribution < 1.29 is 4.79 Å². The number of benzene rings is 2. The molecule has 2 aromatic carbocycles. The summed E-state index contributed by atoms with van der Waals surface area (Å²) in [5.74, 6) is 0.577. The summed E-state index contributed by atoms with van der Waals surface area (Å²) in [6.45, 7) is 4.93. The van der Waals surface area contributed by atoms with Crippen molar-refractivity contribution in [3.05, 3.63) is 70.0 Å². The number of aryl methyl sites for hydroxylation is 1. The molecule has 1 aliphatic heterocycles. The largest absolute Gasteiger partial charge is 0.341 e. The number of carbonyl (C=O) groups excluding carboxylic acids is 1. The average Bonchev–Trinajstić information content (AvgIpc) is 3.12.